The lowest BCUT2D eigenvalue weighted by Crippen LogP contribution is -2.58. The Hall–Kier alpha value is -4.55. The number of hydrogen-bond acceptors (Lipinski definition) is 8. The maximum atomic E-state index is 13.7. The van der Waals surface area contributed by atoms with E-state index in [4.69, 9.17) is 4.74 Å². The fourth-order valence-corrected chi connectivity index (χ4v) is 4.62. The molecular weight excluding hydrogens is 515 g/mol. The van der Waals surface area contributed by atoms with Crippen LogP contribution in [0.25, 0.3) is 0 Å². The van der Waals surface area contributed by atoms with Gasteiger partial charge in [0.05, 0.1) is 11.7 Å². The summed E-state index contributed by atoms with van der Waals surface area (Å²) < 4.78 is 47.1. The smallest absolute Gasteiger partial charge is 0.421 e. The maximum Gasteiger partial charge on any atom is 0.421 e. The van der Waals surface area contributed by atoms with E-state index in [2.05, 4.69) is 30.8 Å². The molecule has 0 unspecified atom stereocenters. The standard InChI is InChI=1S/C26H26F3N7O3/c1-15(37)31-17-4-3-5-18(10-17)32-24-21(26(27,28)29)12-30-25(34-24)33-19-6-7-22-23(11-19)39-14-20-13-35(16(2)38)8-9-36(20)22/h3-7,10-12,20H,8-9,13-14H2,1-2H3,(H,31,37)(H2,30,32,33,34)/t20-/m1/s1. The van der Waals surface area contributed by atoms with Crippen molar-refractivity contribution in [1.29, 1.82) is 0 Å². The van der Waals surface area contributed by atoms with Crippen molar-refractivity contribution in [2.75, 3.05) is 47.1 Å². The van der Waals surface area contributed by atoms with Gasteiger partial charge in [-0.05, 0) is 30.3 Å². The van der Waals surface area contributed by atoms with Gasteiger partial charge in [0.25, 0.3) is 0 Å². The van der Waals surface area contributed by atoms with Gasteiger partial charge in [-0.1, -0.05) is 6.07 Å². The zero-order valence-corrected chi connectivity index (χ0v) is 21.2. The van der Waals surface area contributed by atoms with E-state index in [1.807, 2.05) is 6.07 Å². The van der Waals surface area contributed by atoms with Gasteiger partial charge >= 0.3 is 6.18 Å². The molecule has 0 saturated carbocycles. The van der Waals surface area contributed by atoms with Crippen LogP contribution in [0.2, 0.25) is 0 Å². The third-order valence-corrected chi connectivity index (χ3v) is 6.42. The third kappa shape index (κ3) is 5.81. The van der Waals surface area contributed by atoms with E-state index in [1.165, 1.54) is 13.0 Å². The minimum atomic E-state index is -4.70. The lowest BCUT2D eigenvalue weighted by molar-refractivity contribution is -0.137. The van der Waals surface area contributed by atoms with Crippen molar-refractivity contribution in [2.24, 2.45) is 0 Å². The molecule has 3 N–H and O–H groups in total. The molecule has 2 aromatic carbocycles. The van der Waals surface area contributed by atoms with Gasteiger partial charge < -0.3 is 30.5 Å². The van der Waals surface area contributed by atoms with E-state index in [0.717, 1.165) is 5.69 Å². The number of fused-ring (bicyclic) bond motifs is 3. The van der Waals surface area contributed by atoms with E-state index < -0.39 is 17.6 Å². The number of halogens is 3. The van der Waals surface area contributed by atoms with Crippen LogP contribution in [0, 0.1) is 0 Å². The van der Waals surface area contributed by atoms with E-state index in [9.17, 15) is 22.8 Å². The first-order valence-corrected chi connectivity index (χ1v) is 12.2. The Morgan fingerprint density at radius 3 is 2.54 bits per heavy atom. The topological polar surface area (TPSA) is 112 Å². The molecule has 1 atom stereocenters. The Labute approximate surface area is 222 Å². The lowest BCUT2D eigenvalue weighted by Gasteiger charge is -2.45. The first-order valence-electron chi connectivity index (χ1n) is 12.2. The van der Waals surface area contributed by atoms with Crippen molar-refractivity contribution < 1.29 is 27.5 Å². The number of alkyl halides is 3. The van der Waals surface area contributed by atoms with Crippen molar-refractivity contribution in [3.8, 4) is 5.75 Å². The van der Waals surface area contributed by atoms with Gasteiger partial charge in [-0.3, -0.25) is 9.59 Å². The van der Waals surface area contributed by atoms with E-state index in [1.54, 1.807) is 42.2 Å². The molecule has 5 rings (SSSR count). The van der Waals surface area contributed by atoms with Crippen molar-refractivity contribution in [2.45, 2.75) is 26.1 Å². The summed E-state index contributed by atoms with van der Waals surface area (Å²) in [5, 5.41) is 8.23. The molecule has 10 nitrogen and oxygen atoms in total. The van der Waals surface area contributed by atoms with Crippen LogP contribution < -0.4 is 25.6 Å². The van der Waals surface area contributed by atoms with E-state index in [0.29, 0.717) is 55.2 Å². The summed E-state index contributed by atoms with van der Waals surface area (Å²) in [5.74, 6) is -0.148. The fourth-order valence-electron chi connectivity index (χ4n) is 4.62. The molecule has 0 radical (unpaired) electrons. The number of amides is 2. The summed E-state index contributed by atoms with van der Waals surface area (Å²) in [6.45, 7) is 5.17. The third-order valence-electron chi connectivity index (χ3n) is 6.42. The molecule has 2 amide bonds. The minimum Gasteiger partial charge on any atom is -0.489 e. The Morgan fingerprint density at radius 2 is 1.79 bits per heavy atom. The summed E-state index contributed by atoms with van der Waals surface area (Å²) in [5.41, 5.74) is 1.11. The highest BCUT2D eigenvalue weighted by Crippen LogP contribution is 2.39. The number of ether oxygens (including phenoxy) is 1. The first-order chi connectivity index (χ1) is 18.6. The predicted molar refractivity (Wildman–Crippen MR) is 140 cm³/mol. The highest BCUT2D eigenvalue weighted by molar-refractivity contribution is 5.89. The molecule has 1 fully saturated rings. The molecule has 0 bridgehead atoms. The van der Waals surface area contributed by atoms with Crippen molar-refractivity contribution in [1.82, 2.24) is 14.9 Å². The number of carbonyl (C=O) groups excluding carboxylic acids is 2. The number of piperazine rings is 1. The fraction of sp³-hybridized carbons (Fsp3) is 0.308. The van der Waals surface area contributed by atoms with Crippen molar-refractivity contribution in [3.05, 3.63) is 54.2 Å². The Balaban J connectivity index is 1.37. The van der Waals surface area contributed by atoms with E-state index >= 15 is 0 Å². The predicted octanol–water partition coefficient (Wildman–Crippen LogP) is 4.37. The number of benzene rings is 2. The molecule has 1 saturated heterocycles. The Bertz CT molecular complexity index is 1420. The average molecular weight is 542 g/mol. The van der Waals surface area contributed by atoms with Crippen LogP contribution >= 0.6 is 0 Å². The monoisotopic (exact) mass is 541 g/mol. The van der Waals surface area contributed by atoms with Gasteiger partial charge in [0.2, 0.25) is 17.8 Å². The van der Waals surface area contributed by atoms with Crippen LogP contribution in [0.1, 0.15) is 19.4 Å². The molecule has 0 aliphatic carbocycles. The Morgan fingerprint density at radius 1 is 1.03 bits per heavy atom. The lowest BCUT2D eigenvalue weighted by atomic mass is 10.1. The zero-order chi connectivity index (χ0) is 27.7. The van der Waals surface area contributed by atoms with Gasteiger partial charge in [0, 0.05) is 62.8 Å². The summed E-state index contributed by atoms with van der Waals surface area (Å²) in [6, 6.07) is 11.7. The van der Waals surface area contributed by atoms with Gasteiger partial charge in [0.15, 0.2) is 0 Å². The van der Waals surface area contributed by atoms with Crippen LogP contribution in [-0.4, -0.2) is 59.0 Å². The minimum absolute atomic E-state index is 0.0332. The first kappa shape index (κ1) is 26.1. The van der Waals surface area contributed by atoms with Crippen LogP contribution in [0.4, 0.5) is 47.7 Å². The number of rotatable bonds is 5. The van der Waals surface area contributed by atoms with Crippen molar-refractivity contribution in [3.63, 3.8) is 0 Å². The SMILES string of the molecule is CC(=O)Nc1cccc(Nc2nc(Nc3ccc4c(c3)OC[C@H]3CN(C(C)=O)CCN43)ncc2C(F)(F)F)c1. The average Bonchev–Trinajstić information content (AvgIpc) is 2.87. The summed E-state index contributed by atoms with van der Waals surface area (Å²) >= 11 is 0. The number of aromatic nitrogens is 2. The molecule has 13 heteroatoms. The molecule has 0 spiro atoms. The van der Waals surface area contributed by atoms with Crippen LogP contribution in [0.15, 0.2) is 48.7 Å². The van der Waals surface area contributed by atoms with Gasteiger partial charge in [-0.25, -0.2) is 4.98 Å². The molecule has 3 heterocycles. The normalized spacial score (nSPS) is 16.5. The quantitative estimate of drug-likeness (QED) is 0.437. The number of anilines is 6. The van der Waals surface area contributed by atoms with Crippen LogP contribution in [0.5, 0.6) is 5.75 Å². The van der Waals surface area contributed by atoms with E-state index in [-0.39, 0.29) is 23.8 Å². The van der Waals surface area contributed by atoms with Crippen LogP contribution in [-0.2, 0) is 15.8 Å². The number of hydrogen-bond donors (Lipinski definition) is 3. The summed E-state index contributed by atoms with van der Waals surface area (Å²) in [4.78, 5) is 35.1. The van der Waals surface area contributed by atoms with Gasteiger partial charge in [0.1, 0.15) is 23.7 Å². The van der Waals surface area contributed by atoms with Gasteiger partial charge in [-0.2, -0.15) is 18.2 Å². The summed E-state index contributed by atoms with van der Waals surface area (Å²) in [6.07, 6.45) is -3.98. The molecule has 204 valence electrons. The molecule has 1 aromatic heterocycles. The molecule has 3 aromatic rings. The second-order valence-corrected chi connectivity index (χ2v) is 9.27. The second kappa shape index (κ2) is 10.3. The number of nitrogens with zero attached hydrogens (tertiary/aromatic N) is 4. The summed E-state index contributed by atoms with van der Waals surface area (Å²) in [7, 11) is 0. The number of carbonyl (C=O) groups is 2. The highest BCUT2D eigenvalue weighted by Gasteiger charge is 2.36. The van der Waals surface area contributed by atoms with Crippen molar-refractivity contribution >= 4 is 46.3 Å². The second-order valence-electron chi connectivity index (χ2n) is 9.27. The zero-order valence-electron chi connectivity index (χ0n) is 21.2. The molecule has 2 aliphatic rings. The highest BCUT2D eigenvalue weighted by atomic mass is 19.4. The van der Waals surface area contributed by atoms with Gasteiger partial charge in [-0.15, -0.1) is 0 Å². The molecule has 2 aliphatic heterocycles. The van der Waals surface area contributed by atoms with Crippen LogP contribution in [0.3, 0.4) is 0 Å². The number of nitrogens with one attached hydrogen (secondary N) is 3. The molecule has 39 heavy (non-hydrogen) atoms. The Kier molecular flexibility index (Phi) is 6.89. The molecular formula is C26H26F3N7O3. The maximum absolute atomic E-state index is 13.7. The largest absolute Gasteiger partial charge is 0.489 e.